The molecule has 0 bridgehead atoms. The lowest BCUT2D eigenvalue weighted by atomic mass is 9.85. The molecule has 1 saturated carbocycles. The third-order valence-corrected chi connectivity index (χ3v) is 5.51. The first-order valence-corrected chi connectivity index (χ1v) is 8.02. The number of hydrogen-bond acceptors (Lipinski definition) is 2. The predicted octanol–water partition coefficient (Wildman–Crippen LogP) is 4.16. The van der Waals surface area contributed by atoms with Crippen LogP contribution in [0.4, 0.5) is 0 Å². The van der Waals surface area contributed by atoms with Crippen molar-refractivity contribution in [3.05, 3.63) is 0 Å². The fourth-order valence-electron chi connectivity index (χ4n) is 2.44. The van der Waals surface area contributed by atoms with Crippen LogP contribution in [0.3, 0.4) is 0 Å². The first-order valence-electron chi connectivity index (χ1n) is 6.90. The van der Waals surface area contributed by atoms with Crippen molar-refractivity contribution in [2.75, 3.05) is 19.0 Å². The Morgan fingerprint density at radius 3 is 2.35 bits per heavy atom. The topological polar surface area (TPSA) is 18.5 Å². The van der Waals surface area contributed by atoms with Crippen LogP contribution in [0, 0.1) is 5.41 Å². The number of alkyl halides is 1. The normalized spacial score (nSPS) is 26.1. The van der Waals surface area contributed by atoms with Gasteiger partial charge in [-0.05, 0) is 38.5 Å². The molecule has 0 saturated heterocycles. The Hall–Kier alpha value is 0.400. The molecular weight excluding hydrogens is 280 g/mol. The zero-order valence-electron chi connectivity index (χ0n) is 11.5. The summed E-state index contributed by atoms with van der Waals surface area (Å²) in [5.41, 5.74) is 0.319. The first-order chi connectivity index (χ1) is 8.19. The lowest BCUT2D eigenvalue weighted by Crippen LogP contribution is -2.33. The number of halogens is 1. The fourth-order valence-corrected chi connectivity index (χ4v) is 3.40. The summed E-state index contributed by atoms with van der Waals surface area (Å²) in [6.45, 7) is 5.40. The van der Waals surface area contributed by atoms with Crippen molar-refractivity contribution < 1.29 is 9.47 Å². The highest BCUT2D eigenvalue weighted by Crippen LogP contribution is 2.31. The zero-order valence-corrected chi connectivity index (χ0v) is 13.1. The Kier molecular flexibility index (Phi) is 7.05. The average Bonchev–Trinajstić information content (AvgIpc) is 2.41. The quantitative estimate of drug-likeness (QED) is 0.658. The van der Waals surface area contributed by atoms with Gasteiger partial charge in [0.1, 0.15) is 0 Å². The second-order valence-corrected chi connectivity index (χ2v) is 5.86. The van der Waals surface area contributed by atoms with Gasteiger partial charge in [-0.1, -0.05) is 29.8 Å². The molecule has 102 valence electrons. The van der Waals surface area contributed by atoms with Crippen molar-refractivity contribution >= 4 is 15.9 Å². The van der Waals surface area contributed by atoms with Gasteiger partial charge < -0.3 is 9.47 Å². The van der Waals surface area contributed by atoms with Gasteiger partial charge in [-0.3, -0.25) is 0 Å². The predicted molar refractivity (Wildman–Crippen MR) is 75.8 cm³/mol. The number of methoxy groups -OCH3 is 1. The van der Waals surface area contributed by atoms with Crippen LogP contribution >= 0.6 is 15.9 Å². The van der Waals surface area contributed by atoms with E-state index in [2.05, 4.69) is 29.8 Å². The fraction of sp³-hybridized carbons (Fsp3) is 1.00. The van der Waals surface area contributed by atoms with Crippen LogP contribution in [0.1, 0.15) is 52.4 Å². The molecule has 2 atom stereocenters. The molecule has 0 aromatic rings. The van der Waals surface area contributed by atoms with E-state index in [1.807, 2.05) is 7.11 Å². The molecule has 17 heavy (non-hydrogen) atoms. The molecule has 2 unspecified atom stereocenters. The van der Waals surface area contributed by atoms with Gasteiger partial charge in [-0.15, -0.1) is 0 Å². The van der Waals surface area contributed by atoms with Crippen molar-refractivity contribution in [1.82, 2.24) is 0 Å². The van der Waals surface area contributed by atoms with Gasteiger partial charge >= 0.3 is 0 Å². The van der Waals surface area contributed by atoms with Crippen molar-refractivity contribution in [3.63, 3.8) is 0 Å². The molecule has 0 heterocycles. The minimum Gasteiger partial charge on any atom is -0.381 e. The van der Waals surface area contributed by atoms with E-state index in [9.17, 15) is 0 Å². The average molecular weight is 307 g/mol. The van der Waals surface area contributed by atoms with Gasteiger partial charge in [-0.25, -0.2) is 0 Å². The third-order valence-electron chi connectivity index (χ3n) is 4.32. The molecule has 0 N–H and O–H groups in total. The Morgan fingerprint density at radius 2 is 1.82 bits per heavy atom. The van der Waals surface area contributed by atoms with Gasteiger partial charge in [0.05, 0.1) is 18.8 Å². The molecule has 1 fully saturated rings. The van der Waals surface area contributed by atoms with Crippen molar-refractivity contribution in [3.8, 4) is 0 Å². The van der Waals surface area contributed by atoms with Crippen LogP contribution in [-0.2, 0) is 9.47 Å². The molecule has 2 nitrogen and oxygen atoms in total. The molecule has 0 amide bonds. The third kappa shape index (κ3) is 4.53. The van der Waals surface area contributed by atoms with Crippen LogP contribution in [0.5, 0.6) is 0 Å². The highest BCUT2D eigenvalue weighted by atomic mass is 79.9. The Bertz CT molecular complexity index is 196. The zero-order chi connectivity index (χ0) is 12.7. The summed E-state index contributed by atoms with van der Waals surface area (Å²) < 4.78 is 11.6. The maximum atomic E-state index is 6.14. The molecule has 0 aromatic carbocycles. The first kappa shape index (κ1) is 15.5. The van der Waals surface area contributed by atoms with E-state index in [1.54, 1.807) is 0 Å². The van der Waals surface area contributed by atoms with E-state index in [0.29, 0.717) is 17.6 Å². The molecule has 0 aliphatic heterocycles. The summed E-state index contributed by atoms with van der Waals surface area (Å²) in [7, 11) is 1.81. The molecule has 1 rings (SSSR count). The summed E-state index contributed by atoms with van der Waals surface area (Å²) in [6, 6.07) is 0. The molecule has 3 heteroatoms. The summed E-state index contributed by atoms with van der Waals surface area (Å²) in [4.78, 5) is 0. The molecule has 0 aromatic heterocycles. The lowest BCUT2D eigenvalue weighted by molar-refractivity contribution is -0.0561. The SMILES string of the molecule is CCC(CC)(CBr)COC1CCCC(OC)C1. The number of rotatable bonds is 7. The highest BCUT2D eigenvalue weighted by molar-refractivity contribution is 9.09. The monoisotopic (exact) mass is 306 g/mol. The minimum absolute atomic E-state index is 0.319. The van der Waals surface area contributed by atoms with Crippen molar-refractivity contribution in [2.45, 2.75) is 64.6 Å². The van der Waals surface area contributed by atoms with Crippen LogP contribution < -0.4 is 0 Å². The summed E-state index contributed by atoms with van der Waals surface area (Å²) in [6.07, 6.45) is 7.88. The molecular formula is C14H27BrO2. The maximum Gasteiger partial charge on any atom is 0.0600 e. The smallest absolute Gasteiger partial charge is 0.0600 e. The van der Waals surface area contributed by atoms with Crippen LogP contribution in [0.2, 0.25) is 0 Å². The Morgan fingerprint density at radius 1 is 1.18 bits per heavy atom. The van der Waals surface area contributed by atoms with E-state index in [0.717, 1.165) is 18.4 Å². The van der Waals surface area contributed by atoms with Crippen LogP contribution in [-0.4, -0.2) is 31.3 Å². The Labute approximate surface area is 115 Å². The van der Waals surface area contributed by atoms with Gasteiger partial charge in [0.2, 0.25) is 0 Å². The van der Waals surface area contributed by atoms with E-state index >= 15 is 0 Å². The van der Waals surface area contributed by atoms with Gasteiger partial charge in [0.15, 0.2) is 0 Å². The molecule has 1 aliphatic rings. The number of ether oxygens (including phenoxy) is 2. The largest absolute Gasteiger partial charge is 0.381 e. The van der Waals surface area contributed by atoms with Gasteiger partial charge in [0.25, 0.3) is 0 Å². The van der Waals surface area contributed by atoms with E-state index < -0.39 is 0 Å². The van der Waals surface area contributed by atoms with Crippen molar-refractivity contribution in [1.29, 1.82) is 0 Å². The minimum atomic E-state index is 0.319. The molecule has 0 radical (unpaired) electrons. The van der Waals surface area contributed by atoms with E-state index in [4.69, 9.17) is 9.47 Å². The highest BCUT2D eigenvalue weighted by Gasteiger charge is 2.28. The second kappa shape index (κ2) is 7.75. The van der Waals surface area contributed by atoms with E-state index in [-0.39, 0.29) is 0 Å². The molecule has 0 spiro atoms. The van der Waals surface area contributed by atoms with Crippen LogP contribution in [0.15, 0.2) is 0 Å². The van der Waals surface area contributed by atoms with Gasteiger partial charge in [0, 0.05) is 17.9 Å². The molecule has 1 aliphatic carbocycles. The Balaban J connectivity index is 2.38. The maximum absolute atomic E-state index is 6.14. The van der Waals surface area contributed by atoms with Crippen molar-refractivity contribution in [2.24, 2.45) is 5.41 Å². The van der Waals surface area contributed by atoms with Gasteiger partial charge in [-0.2, -0.15) is 0 Å². The number of hydrogen-bond donors (Lipinski definition) is 0. The summed E-state index contributed by atoms with van der Waals surface area (Å²) >= 11 is 3.64. The van der Waals surface area contributed by atoms with Crippen LogP contribution in [0.25, 0.3) is 0 Å². The summed E-state index contributed by atoms with van der Waals surface area (Å²) in [5, 5.41) is 1.04. The van der Waals surface area contributed by atoms with E-state index in [1.165, 1.54) is 32.1 Å². The second-order valence-electron chi connectivity index (χ2n) is 5.30. The summed E-state index contributed by atoms with van der Waals surface area (Å²) in [5.74, 6) is 0. The lowest BCUT2D eigenvalue weighted by Gasteiger charge is -2.34. The standard InChI is InChI=1S/C14H27BrO2/c1-4-14(5-2,10-15)11-17-13-8-6-7-12(9-13)16-3/h12-13H,4-11H2,1-3H3.